The SMILES string of the molecule is COC(=O)[C@@H]1C[C@H]2CC(CC#N)CC[C@H]2N1C(=O)OC(C)(C)C. The molecule has 0 spiro atoms. The first-order valence-corrected chi connectivity index (χ1v) is 8.23. The molecule has 6 heteroatoms. The normalized spacial score (nSPS) is 30.3. The summed E-state index contributed by atoms with van der Waals surface area (Å²) in [4.78, 5) is 26.3. The molecule has 1 unspecified atom stereocenters. The van der Waals surface area contributed by atoms with Crippen molar-refractivity contribution in [3.05, 3.63) is 0 Å². The molecule has 2 fully saturated rings. The summed E-state index contributed by atoms with van der Waals surface area (Å²) < 4.78 is 10.4. The van der Waals surface area contributed by atoms with Crippen molar-refractivity contribution < 1.29 is 19.1 Å². The highest BCUT2D eigenvalue weighted by atomic mass is 16.6. The van der Waals surface area contributed by atoms with Crippen molar-refractivity contribution in [2.24, 2.45) is 11.8 Å². The monoisotopic (exact) mass is 322 g/mol. The highest BCUT2D eigenvalue weighted by molar-refractivity contribution is 5.82. The number of nitrogens with zero attached hydrogens (tertiary/aromatic N) is 2. The number of hydrogen-bond acceptors (Lipinski definition) is 5. The lowest BCUT2D eigenvalue weighted by atomic mass is 9.77. The first kappa shape index (κ1) is 17.6. The zero-order valence-electron chi connectivity index (χ0n) is 14.4. The summed E-state index contributed by atoms with van der Waals surface area (Å²) in [7, 11) is 1.34. The summed E-state index contributed by atoms with van der Waals surface area (Å²) in [5, 5.41) is 8.90. The Bertz CT molecular complexity index is 506. The third kappa shape index (κ3) is 3.95. The largest absolute Gasteiger partial charge is 0.467 e. The maximum atomic E-state index is 12.6. The summed E-state index contributed by atoms with van der Waals surface area (Å²) in [5.41, 5.74) is -0.603. The standard InChI is InChI=1S/C17H26N2O4/c1-17(2,3)23-16(21)19-13-6-5-11(7-8-18)9-12(13)10-14(19)15(20)22-4/h11-14H,5-7,9-10H2,1-4H3/t11?,12-,13-,14+/m1/s1. The Balaban J connectivity index is 2.18. The van der Waals surface area contributed by atoms with Crippen LogP contribution in [0, 0.1) is 23.2 Å². The van der Waals surface area contributed by atoms with Crippen LogP contribution in [0.15, 0.2) is 0 Å². The Morgan fingerprint density at radius 2 is 1.96 bits per heavy atom. The maximum Gasteiger partial charge on any atom is 0.411 e. The minimum Gasteiger partial charge on any atom is -0.467 e. The summed E-state index contributed by atoms with van der Waals surface area (Å²) >= 11 is 0. The van der Waals surface area contributed by atoms with Gasteiger partial charge in [0, 0.05) is 12.5 Å². The number of esters is 1. The quantitative estimate of drug-likeness (QED) is 0.730. The van der Waals surface area contributed by atoms with Crippen LogP contribution in [0.5, 0.6) is 0 Å². The minimum absolute atomic E-state index is 0.00360. The van der Waals surface area contributed by atoms with Gasteiger partial charge in [-0.15, -0.1) is 0 Å². The van der Waals surface area contributed by atoms with Crippen LogP contribution in [0.2, 0.25) is 0 Å². The predicted molar refractivity (Wildman–Crippen MR) is 83.3 cm³/mol. The molecule has 0 bridgehead atoms. The number of nitriles is 1. The molecule has 6 nitrogen and oxygen atoms in total. The van der Waals surface area contributed by atoms with E-state index >= 15 is 0 Å². The van der Waals surface area contributed by atoms with Crippen molar-refractivity contribution in [3.63, 3.8) is 0 Å². The minimum atomic E-state index is -0.603. The molecular weight excluding hydrogens is 296 g/mol. The fourth-order valence-electron chi connectivity index (χ4n) is 3.83. The molecule has 23 heavy (non-hydrogen) atoms. The smallest absolute Gasteiger partial charge is 0.411 e. The summed E-state index contributed by atoms with van der Waals surface area (Å²) in [6.45, 7) is 5.44. The average Bonchev–Trinajstić information content (AvgIpc) is 2.83. The van der Waals surface area contributed by atoms with E-state index in [2.05, 4.69) is 6.07 Å². The molecule has 0 radical (unpaired) electrons. The van der Waals surface area contributed by atoms with E-state index in [1.54, 1.807) is 4.90 Å². The lowest BCUT2D eigenvalue weighted by molar-refractivity contribution is -0.146. The van der Waals surface area contributed by atoms with Gasteiger partial charge in [0.25, 0.3) is 0 Å². The van der Waals surface area contributed by atoms with E-state index in [-0.39, 0.29) is 17.9 Å². The number of hydrogen-bond donors (Lipinski definition) is 0. The van der Waals surface area contributed by atoms with Crippen LogP contribution in [0.4, 0.5) is 4.79 Å². The first-order chi connectivity index (χ1) is 10.8. The lowest BCUT2D eigenvalue weighted by Crippen LogP contribution is -2.49. The second kappa shape index (κ2) is 6.77. The number of amides is 1. The maximum absolute atomic E-state index is 12.6. The van der Waals surface area contributed by atoms with Crippen LogP contribution in [0.3, 0.4) is 0 Å². The van der Waals surface area contributed by atoms with Crippen molar-refractivity contribution in [2.45, 2.75) is 70.6 Å². The molecule has 1 amide bonds. The van der Waals surface area contributed by atoms with Gasteiger partial charge in [0.05, 0.1) is 13.2 Å². The Labute approximate surface area is 137 Å². The molecule has 1 saturated carbocycles. The van der Waals surface area contributed by atoms with Gasteiger partial charge in [0.15, 0.2) is 0 Å². The van der Waals surface area contributed by atoms with E-state index in [0.29, 0.717) is 18.8 Å². The Morgan fingerprint density at radius 3 is 2.52 bits per heavy atom. The molecule has 0 aromatic rings. The number of ether oxygens (including phenoxy) is 2. The molecule has 1 aliphatic carbocycles. The Kier molecular flexibility index (Phi) is 5.18. The van der Waals surface area contributed by atoms with Crippen molar-refractivity contribution >= 4 is 12.1 Å². The van der Waals surface area contributed by atoms with E-state index < -0.39 is 17.7 Å². The third-order valence-electron chi connectivity index (χ3n) is 4.73. The fourth-order valence-corrected chi connectivity index (χ4v) is 3.83. The average molecular weight is 322 g/mol. The highest BCUT2D eigenvalue weighted by Crippen LogP contribution is 2.43. The van der Waals surface area contributed by atoms with Crippen LogP contribution in [0.1, 0.15) is 52.9 Å². The second-order valence-corrected chi connectivity index (χ2v) is 7.53. The molecule has 1 heterocycles. The molecular formula is C17H26N2O4. The molecule has 2 aliphatic rings. The van der Waals surface area contributed by atoms with Crippen LogP contribution in [-0.4, -0.2) is 41.8 Å². The topological polar surface area (TPSA) is 79.6 Å². The lowest BCUT2D eigenvalue weighted by Gasteiger charge is -2.36. The fraction of sp³-hybridized carbons (Fsp3) is 0.824. The molecule has 1 aliphatic heterocycles. The third-order valence-corrected chi connectivity index (χ3v) is 4.73. The van der Waals surface area contributed by atoms with Crippen LogP contribution in [0.25, 0.3) is 0 Å². The van der Waals surface area contributed by atoms with Gasteiger partial charge in [-0.05, 0) is 58.3 Å². The van der Waals surface area contributed by atoms with Crippen LogP contribution in [-0.2, 0) is 14.3 Å². The van der Waals surface area contributed by atoms with Gasteiger partial charge in [-0.2, -0.15) is 5.26 Å². The molecule has 128 valence electrons. The summed E-state index contributed by atoms with van der Waals surface area (Å²) in [6, 6.07) is 1.66. The van der Waals surface area contributed by atoms with Gasteiger partial charge in [-0.1, -0.05) is 0 Å². The zero-order chi connectivity index (χ0) is 17.2. The van der Waals surface area contributed by atoms with E-state index in [0.717, 1.165) is 19.3 Å². The van der Waals surface area contributed by atoms with Crippen molar-refractivity contribution in [1.29, 1.82) is 5.26 Å². The number of likely N-dealkylation sites (tertiary alicyclic amines) is 1. The van der Waals surface area contributed by atoms with Crippen LogP contribution >= 0.6 is 0 Å². The Hall–Kier alpha value is -1.77. The zero-order valence-corrected chi connectivity index (χ0v) is 14.4. The number of carbonyl (C=O) groups is 2. The molecule has 0 aromatic carbocycles. The molecule has 0 aromatic heterocycles. The van der Waals surface area contributed by atoms with Gasteiger partial charge in [-0.25, -0.2) is 9.59 Å². The number of fused-ring (bicyclic) bond motifs is 1. The van der Waals surface area contributed by atoms with Crippen molar-refractivity contribution in [2.75, 3.05) is 7.11 Å². The van der Waals surface area contributed by atoms with Gasteiger partial charge in [0.1, 0.15) is 11.6 Å². The highest BCUT2D eigenvalue weighted by Gasteiger charge is 2.50. The summed E-state index contributed by atoms with van der Waals surface area (Å²) in [6.07, 6.45) is 3.28. The van der Waals surface area contributed by atoms with Crippen molar-refractivity contribution in [3.8, 4) is 6.07 Å². The van der Waals surface area contributed by atoms with E-state index in [9.17, 15) is 9.59 Å². The van der Waals surface area contributed by atoms with Gasteiger partial charge >= 0.3 is 12.1 Å². The Morgan fingerprint density at radius 1 is 1.26 bits per heavy atom. The number of carbonyl (C=O) groups excluding carboxylic acids is 2. The van der Waals surface area contributed by atoms with Gasteiger partial charge < -0.3 is 9.47 Å². The second-order valence-electron chi connectivity index (χ2n) is 7.53. The summed E-state index contributed by atoms with van der Waals surface area (Å²) in [5.74, 6) is 0.207. The molecule has 4 atom stereocenters. The van der Waals surface area contributed by atoms with Gasteiger partial charge in [0.2, 0.25) is 0 Å². The molecule has 2 rings (SSSR count). The van der Waals surface area contributed by atoms with E-state index in [1.165, 1.54) is 7.11 Å². The van der Waals surface area contributed by atoms with Crippen LogP contribution < -0.4 is 0 Å². The van der Waals surface area contributed by atoms with Crippen molar-refractivity contribution in [1.82, 2.24) is 4.90 Å². The molecule has 1 saturated heterocycles. The van der Waals surface area contributed by atoms with Gasteiger partial charge in [-0.3, -0.25) is 4.90 Å². The molecule has 0 N–H and O–H groups in total. The van der Waals surface area contributed by atoms with E-state index in [4.69, 9.17) is 14.7 Å². The number of methoxy groups -OCH3 is 1. The predicted octanol–water partition coefficient (Wildman–Crippen LogP) is 2.87. The van der Waals surface area contributed by atoms with E-state index in [1.807, 2.05) is 20.8 Å². The first-order valence-electron chi connectivity index (χ1n) is 8.23. The number of rotatable bonds is 2.